The molecule has 0 unspecified atom stereocenters. The van der Waals surface area contributed by atoms with Crippen LogP contribution in [0.1, 0.15) is 12.5 Å². The van der Waals surface area contributed by atoms with Gasteiger partial charge in [0.15, 0.2) is 0 Å². The van der Waals surface area contributed by atoms with Gasteiger partial charge in [0.25, 0.3) is 5.91 Å². The number of alkyl halides is 3. The number of hydrogen-bond acceptors (Lipinski definition) is 4. The molecule has 1 aromatic rings. The van der Waals surface area contributed by atoms with Gasteiger partial charge in [0.1, 0.15) is 30.2 Å². The third kappa shape index (κ3) is 4.82. The van der Waals surface area contributed by atoms with E-state index in [9.17, 15) is 22.4 Å². The summed E-state index contributed by atoms with van der Waals surface area (Å²) in [5.41, 5.74) is 0.375. The lowest BCUT2D eigenvalue weighted by atomic mass is 10.1. The summed E-state index contributed by atoms with van der Waals surface area (Å²) in [5.74, 6) is -1.14. The first-order valence-electron chi connectivity index (χ1n) is 7.63. The van der Waals surface area contributed by atoms with Crippen molar-refractivity contribution in [3.8, 4) is 6.07 Å². The van der Waals surface area contributed by atoms with E-state index in [4.69, 9.17) is 5.26 Å². The quantitative estimate of drug-likeness (QED) is 0.775. The molecule has 0 aromatic heterocycles. The lowest BCUT2D eigenvalue weighted by molar-refractivity contribution is -0.188. The van der Waals surface area contributed by atoms with E-state index in [1.165, 1.54) is 24.0 Å². The second-order valence-corrected chi connectivity index (χ2v) is 5.63. The summed E-state index contributed by atoms with van der Waals surface area (Å²) >= 11 is 0. The summed E-state index contributed by atoms with van der Waals surface area (Å²) in [4.78, 5) is 15.3. The molecule has 0 radical (unpaired) electrons. The van der Waals surface area contributed by atoms with Gasteiger partial charge >= 0.3 is 6.18 Å². The summed E-state index contributed by atoms with van der Waals surface area (Å²) in [6.07, 6.45) is -5.68. The minimum Gasteiger partial charge on any atom is -0.367 e. The molecule has 0 aliphatic carbocycles. The fourth-order valence-electron chi connectivity index (χ4n) is 2.60. The molecule has 136 valence electrons. The molecule has 0 spiro atoms. The van der Waals surface area contributed by atoms with Gasteiger partial charge in [-0.15, -0.1) is 0 Å². The smallest absolute Gasteiger partial charge is 0.367 e. The molecule has 1 aliphatic rings. The number of anilines is 1. The van der Waals surface area contributed by atoms with Gasteiger partial charge in [-0.1, -0.05) is 6.07 Å². The number of hydrogen-bond donors (Lipinski definition) is 0. The summed E-state index contributed by atoms with van der Waals surface area (Å²) < 4.78 is 54.7. The van der Waals surface area contributed by atoms with E-state index in [2.05, 4.69) is 4.74 Å². The lowest BCUT2D eigenvalue weighted by Crippen LogP contribution is -2.51. The van der Waals surface area contributed by atoms with Gasteiger partial charge in [0, 0.05) is 26.2 Å². The third-order valence-electron chi connectivity index (χ3n) is 3.88. The first-order chi connectivity index (χ1) is 11.7. The summed E-state index contributed by atoms with van der Waals surface area (Å²) in [6, 6.07) is 6.13. The van der Waals surface area contributed by atoms with E-state index in [0.29, 0.717) is 18.8 Å². The van der Waals surface area contributed by atoms with Crippen molar-refractivity contribution in [2.45, 2.75) is 19.2 Å². The normalized spacial score (nSPS) is 16.5. The fourth-order valence-corrected chi connectivity index (χ4v) is 2.60. The largest absolute Gasteiger partial charge is 0.411 e. The average molecular weight is 359 g/mol. The Bertz CT molecular complexity index is 664. The van der Waals surface area contributed by atoms with Crippen LogP contribution in [-0.4, -0.2) is 55.9 Å². The van der Waals surface area contributed by atoms with Crippen molar-refractivity contribution in [1.82, 2.24) is 4.90 Å². The minimum atomic E-state index is -4.49. The van der Waals surface area contributed by atoms with Gasteiger partial charge in [-0.2, -0.15) is 18.4 Å². The number of nitrogens with zero attached hydrogens (tertiary/aromatic N) is 3. The van der Waals surface area contributed by atoms with Crippen molar-refractivity contribution < 1.29 is 27.1 Å². The summed E-state index contributed by atoms with van der Waals surface area (Å²) in [5, 5.41) is 9.08. The van der Waals surface area contributed by atoms with Gasteiger partial charge in [-0.05, 0) is 19.1 Å². The molecule has 5 nitrogen and oxygen atoms in total. The predicted molar refractivity (Wildman–Crippen MR) is 81.4 cm³/mol. The first-order valence-corrected chi connectivity index (χ1v) is 7.63. The van der Waals surface area contributed by atoms with Crippen LogP contribution >= 0.6 is 0 Å². The Hall–Kier alpha value is -2.34. The first kappa shape index (κ1) is 19.0. The highest BCUT2D eigenvalue weighted by atomic mass is 19.4. The average Bonchev–Trinajstić information content (AvgIpc) is 2.58. The number of halogens is 4. The number of ether oxygens (including phenoxy) is 1. The molecule has 0 N–H and O–H groups in total. The highest BCUT2D eigenvalue weighted by Gasteiger charge is 2.32. The van der Waals surface area contributed by atoms with E-state index >= 15 is 0 Å². The van der Waals surface area contributed by atoms with E-state index in [-0.39, 0.29) is 18.7 Å². The predicted octanol–water partition coefficient (Wildman–Crippen LogP) is 2.31. The van der Waals surface area contributed by atoms with Gasteiger partial charge in [0.2, 0.25) is 0 Å². The molecule has 0 saturated carbocycles. The van der Waals surface area contributed by atoms with Gasteiger partial charge < -0.3 is 14.5 Å². The Morgan fingerprint density at radius 3 is 2.52 bits per heavy atom. The zero-order valence-electron chi connectivity index (χ0n) is 13.5. The molecular formula is C16H17F4N3O2. The van der Waals surface area contributed by atoms with Crippen molar-refractivity contribution >= 4 is 11.6 Å². The van der Waals surface area contributed by atoms with Crippen molar-refractivity contribution in [3.63, 3.8) is 0 Å². The molecule has 1 aromatic carbocycles. The van der Waals surface area contributed by atoms with Gasteiger partial charge in [-0.25, -0.2) is 4.39 Å². The number of nitriles is 1. The Morgan fingerprint density at radius 1 is 1.32 bits per heavy atom. The lowest BCUT2D eigenvalue weighted by Gasteiger charge is -2.37. The van der Waals surface area contributed by atoms with Crippen LogP contribution in [0, 0.1) is 17.1 Å². The summed E-state index contributed by atoms with van der Waals surface area (Å²) in [7, 11) is 0. The molecule has 9 heteroatoms. The number of rotatable bonds is 4. The van der Waals surface area contributed by atoms with E-state index in [1.54, 1.807) is 11.0 Å². The van der Waals surface area contributed by atoms with Crippen molar-refractivity contribution in [2.75, 3.05) is 37.7 Å². The Balaban J connectivity index is 1.95. The van der Waals surface area contributed by atoms with Crippen molar-refractivity contribution in [3.05, 3.63) is 29.6 Å². The second kappa shape index (κ2) is 7.70. The van der Waals surface area contributed by atoms with Crippen molar-refractivity contribution in [2.24, 2.45) is 0 Å². The third-order valence-corrected chi connectivity index (χ3v) is 3.88. The zero-order chi connectivity index (χ0) is 18.6. The highest BCUT2D eigenvalue weighted by Crippen LogP contribution is 2.24. The molecule has 1 saturated heterocycles. The van der Waals surface area contributed by atoms with Crippen molar-refractivity contribution in [1.29, 1.82) is 5.26 Å². The van der Waals surface area contributed by atoms with Gasteiger partial charge in [0.05, 0.1) is 5.69 Å². The Morgan fingerprint density at radius 2 is 1.96 bits per heavy atom. The Labute approximate surface area is 142 Å². The maximum Gasteiger partial charge on any atom is 0.411 e. The van der Waals surface area contributed by atoms with Gasteiger partial charge in [-0.3, -0.25) is 4.79 Å². The monoisotopic (exact) mass is 359 g/mol. The van der Waals surface area contributed by atoms with E-state index in [0.717, 1.165) is 0 Å². The fraction of sp³-hybridized carbons (Fsp3) is 0.500. The topological polar surface area (TPSA) is 56.6 Å². The highest BCUT2D eigenvalue weighted by molar-refractivity contribution is 5.81. The number of benzene rings is 1. The molecule has 1 aliphatic heterocycles. The minimum absolute atomic E-state index is 0.0656. The molecule has 1 atom stereocenters. The number of piperazine rings is 1. The van der Waals surface area contributed by atoms with Crippen LogP contribution in [0.4, 0.5) is 23.2 Å². The number of carbonyl (C=O) groups is 1. The van der Waals surface area contributed by atoms with Crippen LogP contribution in [0.5, 0.6) is 0 Å². The van der Waals surface area contributed by atoms with Crippen LogP contribution in [0.2, 0.25) is 0 Å². The maximum absolute atomic E-state index is 13.7. The Kier molecular flexibility index (Phi) is 5.85. The zero-order valence-corrected chi connectivity index (χ0v) is 13.5. The summed E-state index contributed by atoms with van der Waals surface area (Å²) in [6.45, 7) is 0.987. The maximum atomic E-state index is 13.7. The van der Waals surface area contributed by atoms with Crippen LogP contribution < -0.4 is 4.90 Å². The SMILES string of the molecule is C[C@@H](OCC(F)(F)F)C(=O)N1CCN(c2cccc(F)c2C#N)CC1. The molecule has 1 fully saturated rings. The van der Waals surface area contributed by atoms with E-state index < -0.39 is 30.6 Å². The number of amides is 1. The molecule has 0 bridgehead atoms. The van der Waals surface area contributed by atoms with Crippen LogP contribution in [0.3, 0.4) is 0 Å². The number of carbonyl (C=O) groups excluding carboxylic acids is 1. The van der Waals surface area contributed by atoms with E-state index in [1.807, 2.05) is 6.07 Å². The molecule has 1 amide bonds. The van der Waals surface area contributed by atoms with Crippen LogP contribution in [0.25, 0.3) is 0 Å². The molecular weight excluding hydrogens is 342 g/mol. The van der Waals surface area contributed by atoms with Crippen LogP contribution in [-0.2, 0) is 9.53 Å². The van der Waals surface area contributed by atoms with Crippen LogP contribution in [0.15, 0.2) is 18.2 Å². The standard InChI is InChI=1S/C16H17F4N3O2/c1-11(25-10-16(18,19)20)15(24)23-7-5-22(6-8-23)14-4-2-3-13(17)12(14)9-21/h2-4,11H,5-8,10H2,1H3/t11-/m1/s1. The molecule has 25 heavy (non-hydrogen) atoms. The second-order valence-electron chi connectivity index (χ2n) is 5.63. The molecule has 2 rings (SSSR count). The molecule has 1 heterocycles.